The fraction of sp³-hybridized carbons (Fsp3) is 0.250. The van der Waals surface area contributed by atoms with Crippen LogP contribution in [0.3, 0.4) is 0 Å². The summed E-state index contributed by atoms with van der Waals surface area (Å²) < 4.78 is 21.4. The second kappa shape index (κ2) is 8.31. The number of nitrogens with zero attached hydrogens (tertiary/aromatic N) is 5. The molecule has 164 valence electrons. The number of ether oxygens (including phenoxy) is 1. The summed E-state index contributed by atoms with van der Waals surface area (Å²) in [6.07, 6.45) is 6.93. The maximum Gasteiger partial charge on any atom is 0.164 e. The minimum atomic E-state index is -0.277. The molecule has 1 saturated heterocycles. The van der Waals surface area contributed by atoms with Gasteiger partial charge in [-0.05, 0) is 36.8 Å². The quantitative estimate of drug-likeness (QED) is 0.444. The second-order valence-corrected chi connectivity index (χ2v) is 8.29. The van der Waals surface area contributed by atoms with Gasteiger partial charge in [-0.15, -0.1) is 0 Å². The van der Waals surface area contributed by atoms with E-state index in [1.165, 1.54) is 6.20 Å². The van der Waals surface area contributed by atoms with Crippen LogP contribution in [-0.4, -0.2) is 47.7 Å². The van der Waals surface area contributed by atoms with Crippen LogP contribution in [-0.2, 0) is 0 Å². The molecule has 0 aliphatic carbocycles. The minimum Gasteiger partial charge on any atom is -0.495 e. The van der Waals surface area contributed by atoms with Gasteiger partial charge in [-0.2, -0.15) is 0 Å². The molecule has 1 aliphatic rings. The first-order chi connectivity index (χ1) is 15.5. The van der Waals surface area contributed by atoms with Crippen LogP contribution >= 0.6 is 11.6 Å². The lowest BCUT2D eigenvalue weighted by molar-refractivity contribution is 0.415. The van der Waals surface area contributed by atoms with Crippen molar-refractivity contribution in [2.45, 2.75) is 6.92 Å². The van der Waals surface area contributed by atoms with E-state index in [0.717, 1.165) is 54.3 Å². The number of pyridine rings is 2. The molecule has 6 nitrogen and oxygen atoms in total. The summed E-state index contributed by atoms with van der Waals surface area (Å²) in [5.74, 6) is 0.381. The Morgan fingerprint density at radius 2 is 1.84 bits per heavy atom. The van der Waals surface area contributed by atoms with Crippen molar-refractivity contribution in [2.75, 3.05) is 43.1 Å². The highest BCUT2D eigenvalue weighted by Crippen LogP contribution is 2.33. The van der Waals surface area contributed by atoms with Crippen LogP contribution in [0.4, 0.5) is 15.8 Å². The lowest BCUT2D eigenvalue weighted by Gasteiger charge is -2.37. The lowest BCUT2D eigenvalue weighted by atomic mass is 10.1. The number of aryl methyl sites for hydroxylation is 1. The maximum atomic E-state index is 14.1. The number of methoxy groups -OCH3 is 1. The summed E-state index contributed by atoms with van der Waals surface area (Å²) >= 11 is 6.35. The highest BCUT2D eigenvalue weighted by Gasteiger charge is 2.20. The maximum absolute atomic E-state index is 14.1. The molecule has 1 fully saturated rings. The highest BCUT2D eigenvalue weighted by molar-refractivity contribution is 6.32. The molecule has 0 spiro atoms. The van der Waals surface area contributed by atoms with Gasteiger partial charge < -0.3 is 18.9 Å². The smallest absolute Gasteiger partial charge is 0.164 e. The molecule has 4 aromatic rings. The third-order valence-corrected chi connectivity index (χ3v) is 6.25. The number of fused-ring (bicyclic) bond motifs is 1. The van der Waals surface area contributed by atoms with Gasteiger partial charge in [0.2, 0.25) is 0 Å². The lowest BCUT2D eigenvalue weighted by Crippen LogP contribution is -2.46. The molecule has 0 radical (unpaired) electrons. The van der Waals surface area contributed by atoms with Crippen LogP contribution in [0.1, 0.15) is 5.56 Å². The van der Waals surface area contributed by atoms with Gasteiger partial charge >= 0.3 is 0 Å². The largest absolute Gasteiger partial charge is 0.495 e. The van der Waals surface area contributed by atoms with Crippen LogP contribution in [0.5, 0.6) is 5.75 Å². The summed E-state index contributed by atoms with van der Waals surface area (Å²) in [5, 5.41) is 0.564. The Balaban J connectivity index is 1.37. The third-order valence-electron chi connectivity index (χ3n) is 5.96. The van der Waals surface area contributed by atoms with Crippen molar-refractivity contribution in [3.63, 3.8) is 0 Å². The summed E-state index contributed by atoms with van der Waals surface area (Å²) in [6, 6.07) is 9.74. The third kappa shape index (κ3) is 3.73. The number of piperazine rings is 1. The average Bonchev–Trinajstić information content (AvgIpc) is 3.24. The van der Waals surface area contributed by atoms with Gasteiger partial charge in [0.25, 0.3) is 0 Å². The van der Waals surface area contributed by atoms with Gasteiger partial charge in [-0.3, -0.25) is 4.98 Å². The molecule has 32 heavy (non-hydrogen) atoms. The Morgan fingerprint density at radius 3 is 2.59 bits per heavy atom. The number of rotatable bonds is 4. The van der Waals surface area contributed by atoms with Crippen LogP contribution < -0.4 is 14.5 Å². The second-order valence-electron chi connectivity index (χ2n) is 7.88. The molecule has 3 aromatic heterocycles. The normalized spacial score (nSPS) is 14.2. The van der Waals surface area contributed by atoms with Crippen LogP contribution in [0.15, 0.2) is 55.1 Å². The summed E-state index contributed by atoms with van der Waals surface area (Å²) in [5.41, 5.74) is 5.48. The predicted molar refractivity (Wildman–Crippen MR) is 126 cm³/mol. The van der Waals surface area contributed by atoms with E-state index in [4.69, 9.17) is 21.3 Å². The molecular formula is C24H23ClFN5O. The molecular weight excluding hydrogens is 429 g/mol. The first-order valence-electron chi connectivity index (χ1n) is 10.5. The molecule has 0 bridgehead atoms. The van der Waals surface area contributed by atoms with E-state index in [1.807, 2.05) is 35.9 Å². The van der Waals surface area contributed by atoms with Crippen LogP contribution in [0.25, 0.3) is 16.9 Å². The molecule has 5 rings (SSSR count). The molecule has 8 heteroatoms. The number of hydrogen-bond donors (Lipinski definition) is 0. The monoisotopic (exact) mass is 451 g/mol. The van der Waals surface area contributed by atoms with Crippen molar-refractivity contribution in [1.82, 2.24) is 14.4 Å². The fourth-order valence-electron chi connectivity index (χ4n) is 4.21. The zero-order valence-corrected chi connectivity index (χ0v) is 18.7. The summed E-state index contributed by atoms with van der Waals surface area (Å²) in [6.45, 7) is 5.12. The summed E-state index contributed by atoms with van der Waals surface area (Å²) in [4.78, 5) is 13.0. The van der Waals surface area contributed by atoms with Gasteiger partial charge in [0, 0.05) is 62.1 Å². The Morgan fingerprint density at radius 1 is 1.06 bits per heavy atom. The standard InChI is InChI=1S/C24H23ClFN5O/c1-16-11-23(32-2)19(25)13-18(16)21-15-31-6-4-17(12-24(31)28-21)29-7-9-30(10-8-29)22-3-5-27-14-20(22)26/h3-6,11-15H,7-10H2,1-2H3. The van der Waals surface area contributed by atoms with E-state index in [-0.39, 0.29) is 5.82 Å². The SMILES string of the molecule is COc1cc(C)c(-c2cn3ccc(N4CCN(c5ccncc5F)CC4)cc3n2)cc1Cl. The topological polar surface area (TPSA) is 45.9 Å². The Labute approximate surface area is 190 Å². The van der Waals surface area contributed by atoms with Gasteiger partial charge in [-0.25, -0.2) is 9.37 Å². The van der Waals surface area contributed by atoms with Crippen molar-refractivity contribution in [3.05, 3.63) is 71.5 Å². The van der Waals surface area contributed by atoms with Gasteiger partial charge in [0.1, 0.15) is 11.4 Å². The number of halogens is 2. The zero-order chi connectivity index (χ0) is 22.2. The number of anilines is 2. The van der Waals surface area contributed by atoms with Gasteiger partial charge in [0.05, 0.1) is 29.7 Å². The van der Waals surface area contributed by atoms with E-state index in [1.54, 1.807) is 19.4 Å². The van der Waals surface area contributed by atoms with E-state index in [2.05, 4.69) is 26.9 Å². The highest BCUT2D eigenvalue weighted by atomic mass is 35.5. The van der Waals surface area contributed by atoms with Crippen molar-refractivity contribution < 1.29 is 9.13 Å². The first-order valence-corrected chi connectivity index (χ1v) is 10.8. The fourth-order valence-corrected chi connectivity index (χ4v) is 4.46. The molecule has 0 atom stereocenters. The van der Waals surface area contributed by atoms with Crippen molar-refractivity contribution in [1.29, 1.82) is 0 Å². The molecule has 0 unspecified atom stereocenters. The zero-order valence-electron chi connectivity index (χ0n) is 17.9. The van der Waals surface area contributed by atoms with Crippen molar-refractivity contribution >= 4 is 28.6 Å². The predicted octanol–water partition coefficient (Wildman–Crippen LogP) is 4.83. The van der Waals surface area contributed by atoms with Gasteiger partial charge in [-0.1, -0.05) is 11.6 Å². The molecule has 0 amide bonds. The Hall–Kier alpha value is -3.32. The number of imidazole rings is 1. The Bertz CT molecular complexity index is 1280. The van der Waals surface area contributed by atoms with E-state index in [9.17, 15) is 4.39 Å². The van der Waals surface area contributed by atoms with E-state index in [0.29, 0.717) is 16.5 Å². The average molecular weight is 452 g/mol. The van der Waals surface area contributed by atoms with Crippen LogP contribution in [0.2, 0.25) is 5.02 Å². The summed E-state index contributed by atoms with van der Waals surface area (Å²) in [7, 11) is 1.61. The van der Waals surface area contributed by atoms with Crippen molar-refractivity contribution in [3.8, 4) is 17.0 Å². The first kappa shape index (κ1) is 20.6. The molecule has 0 saturated carbocycles. The minimum absolute atomic E-state index is 0.277. The van der Waals surface area contributed by atoms with Crippen LogP contribution in [0, 0.1) is 12.7 Å². The number of benzene rings is 1. The van der Waals surface area contributed by atoms with Gasteiger partial charge in [0.15, 0.2) is 5.82 Å². The molecule has 0 N–H and O–H groups in total. The molecule has 4 heterocycles. The Kier molecular flexibility index (Phi) is 5.35. The van der Waals surface area contributed by atoms with E-state index < -0.39 is 0 Å². The van der Waals surface area contributed by atoms with E-state index >= 15 is 0 Å². The molecule has 1 aromatic carbocycles. The van der Waals surface area contributed by atoms with Crippen molar-refractivity contribution in [2.24, 2.45) is 0 Å². The number of aromatic nitrogens is 3. The number of hydrogen-bond acceptors (Lipinski definition) is 5. The molecule has 1 aliphatic heterocycles.